The molecular weight excluding hydrogens is 468 g/mol. The highest BCUT2D eigenvalue weighted by atomic mass is 32.1. The van der Waals surface area contributed by atoms with Crippen LogP contribution in [-0.4, -0.2) is 27.8 Å². The molecule has 0 bridgehead atoms. The summed E-state index contributed by atoms with van der Waals surface area (Å²) in [6, 6.07) is 29.9. The molecule has 180 valence electrons. The highest BCUT2D eigenvalue weighted by Crippen LogP contribution is 2.30. The van der Waals surface area contributed by atoms with E-state index in [4.69, 9.17) is 9.72 Å². The molecule has 3 aromatic carbocycles. The van der Waals surface area contributed by atoms with Gasteiger partial charge in [0.1, 0.15) is 11.6 Å². The van der Waals surface area contributed by atoms with Gasteiger partial charge in [0, 0.05) is 29.3 Å². The quantitative estimate of drug-likeness (QED) is 0.268. The first-order valence-electron chi connectivity index (χ1n) is 11.7. The summed E-state index contributed by atoms with van der Waals surface area (Å²) in [7, 11) is 1.65. The van der Waals surface area contributed by atoms with E-state index in [1.165, 1.54) is 11.3 Å². The normalized spacial score (nSPS) is 11.0. The van der Waals surface area contributed by atoms with Crippen molar-refractivity contribution in [2.45, 2.75) is 19.3 Å². The van der Waals surface area contributed by atoms with E-state index >= 15 is 0 Å². The molecular formula is C29H26N4O2S. The van der Waals surface area contributed by atoms with E-state index in [2.05, 4.69) is 34.7 Å². The SMILES string of the molecule is COc1cccc(-c2csc(-n3nc(C)cc3NC(=O)CC(c3ccccc3)c3ccccc3)n2)c1. The van der Waals surface area contributed by atoms with Gasteiger partial charge in [0.2, 0.25) is 11.0 Å². The summed E-state index contributed by atoms with van der Waals surface area (Å²) in [5, 5.41) is 10.3. The number of rotatable bonds is 8. The standard InChI is InChI=1S/C29H26N4O2S/c1-20-16-27(33(32-20)29-30-26(19-36-29)23-14-9-15-24(17-23)35-2)31-28(34)18-25(21-10-5-3-6-11-21)22-12-7-4-8-13-22/h3-17,19,25H,18H2,1-2H3,(H,31,34). The van der Waals surface area contributed by atoms with Crippen LogP contribution < -0.4 is 10.1 Å². The molecule has 7 heteroatoms. The van der Waals surface area contributed by atoms with Crippen LogP contribution in [0.1, 0.15) is 29.2 Å². The first-order chi connectivity index (χ1) is 17.6. The number of anilines is 1. The number of aromatic nitrogens is 3. The summed E-state index contributed by atoms with van der Waals surface area (Å²) in [6.45, 7) is 1.90. The number of carbonyl (C=O) groups is 1. The third-order valence-electron chi connectivity index (χ3n) is 5.93. The highest BCUT2D eigenvalue weighted by Gasteiger charge is 2.20. The molecule has 6 nitrogen and oxygen atoms in total. The molecule has 5 aromatic rings. The summed E-state index contributed by atoms with van der Waals surface area (Å²) >= 11 is 1.47. The van der Waals surface area contributed by atoms with E-state index < -0.39 is 0 Å². The predicted molar refractivity (Wildman–Crippen MR) is 144 cm³/mol. The third-order valence-corrected chi connectivity index (χ3v) is 6.75. The van der Waals surface area contributed by atoms with Crippen molar-refractivity contribution in [2.75, 3.05) is 12.4 Å². The van der Waals surface area contributed by atoms with Crippen LogP contribution >= 0.6 is 11.3 Å². The maximum Gasteiger partial charge on any atom is 0.226 e. The molecule has 0 radical (unpaired) electrons. The molecule has 0 spiro atoms. The molecule has 0 aliphatic carbocycles. The largest absolute Gasteiger partial charge is 0.497 e. The van der Waals surface area contributed by atoms with Gasteiger partial charge in [-0.3, -0.25) is 4.79 Å². The van der Waals surface area contributed by atoms with Crippen LogP contribution in [0.3, 0.4) is 0 Å². The Balaban J connectivity index is 1.38. The Kier molecular flexibility index (Phi) is 6.91. The fourth-order valence-corrected chi connectivity index (χ4v) is 4.98. The van der Waals surface area contributed by atoms with Crippen molar-refractivity contribution in [3.8, 4) is 22.1 Å². The number of aryl methyl sites for hydroxylation is 1. The van der Waals surface area contributed by atoms with Crippen molar-refractivity contribution in [2.24, 2.45) is 0 Å². The number of nitrogens with zero attached hydrogens (tertiary/aromatic N) is 3. The van der Waals surface area contributed by atoms with Gasteiger partial charge in [-0.05, 0) is 30.2 Å². The van der Waals surface area contributed by atoms with Crippen LogP contribution in [0.4, 0.5) is 5.82 Å². The molecule has 1 amide bonds. The van der Waals surface area contributed by atoms with Gasteiger partial charge >= 0.3 is 0 Å². The monoisotopic (exact) mass is 494 g/mol. The zero-order chi connectivity index (χ0) is 24.9. The predicted octanol–water partition coefficient (Wildman–Crippen LogP) is 6.47. The summed E-state index contributed by atoms with van der Waals surface area (Å²) < 4.78 is 7.04. The fraction of sp³-hybridized carbons (Fsp3) is 0.138. The van der Waals surface area contributed by atoms with Crippen molar-refractivity contribution < 1.29 is 9.53 Å². The number of hydrogen-bond acceptors (Lipinski definition) is 5. The minimum Gasteiger partial charge on any atom is -0.497 e. The maximum atomic E-state index is 13.3. The molecule has 0 fully saturated rings. The Morgan fingerprint density at radius 1 is 0.972 bits per heavy atom. The number of thiazole rings is 1. The number of ether oxygens (including phenoxy) is 1. The van der Waals surface area contributed by atoms with E-state index in [-0.39, 0.29) is 11.8 Å². The van der Waals surface area contributed by atoms with E-state index in [0.29, 0.717) is 17.4 Å². The molecule has 0 aliphatic rings. The number of carbonyl (C=O) groups excluding carboxylic acids is 1. The van der Waals surface area contributed by atoms with Crippen LogP contribution in [0.2, 0.25) is 0 Å². The smallest absolute Gasteiger partial charge is 0.226 e. The van der Waals surface area contributed by atoms with Crippen molar-refractivity contribution in [3.63, 3.8) is 0 Å². The van der Waals surface area contributed by atoms with Crippen LogP contribution in [0.15, 0.2) is 96.4 Å². The Hall–Kier alpha value is -4.23. The molecule has 0 saturated carbocycles. The van der Waals surface area contributed by atoms with Crippen molar-refractivity contribution >= 4 is 23.1 Å². The van der Waals surface area contributed by atoms with Gasteiger partial charge in [0.05, 0.1) is 18.5 Å². The topological polar surface area (TPSA) is 69.0 Å². The van der Waals surface area contributed by atoms with Gasteiger partial charge in [-0.15, -0.1) is 11.3 Å². The number of nitrogens with one attached hydrogen (secondary N) is 1. The van der Waals surface area contributed by atoms with E-state index in [1.54, 1.807) is 11.8 Å². The Morgan fingerprint density at radius 3 is 2.33 bits per heavy atom. The second-order valence-electron chi connectivity index (χ2n) is 8.46. The minimum atomic E-state index is -0.0848. The Bertz CT molecular complexity index is 1420. The summed E-state index contributed by atoms with van der Waals surface area (Å²) in [6.07, 6.45) is 0.311. The van der Waals surface area contributed by atoms with Crippen LogP contribution in [0.25, 0.3) is 16.4 Å². The number of amides is 1. The van der Waals surface area contributed by atoms with Gasteiger partial charge < -0.3 is 10.1 Å². The molecule has 1 N–H and O–H groups in total. The Morgan fingerprint density at radius 2 is 1.67 bits per heavy atom. The van der Waals surface area contributed by atoms with Gasteiger partial charge in [0.15, 0.2) is 0 Å². The molecule has 0 atom stereocenters. The van der Waals surface area contributed by atoms with Crippen molar-refractivity contribution in [1.29, 1.82) is 0 Å². The molecule has 0 saturated heterocycles. The summed E-state index contributed by atoms with van der Waals surface area (Å²) in [5.41, 5.74) is 4.79. The maximum absolute atomic E-state index is 13.3. The lowest BCUT2D eigenvalue weighted by atomic mass is 9.88. The summed E-state index contributed by atoms with van der Waals surface area (Å²) in [5.74, 6) is 1.24. The fourth-order valence-electron chi connectivity index (χ4n) is 4.19. The summed E-state index contributed by atoms with van der Waals surface area (Å²) in [4.78, 5) is 18.1. The average molecular weight is 495 g/mol. The van der Waals surface area contributed by atoms with Gasteiger partial charge in [-0.1, -0.05) is 72.8 Å². The number of benzene rings is 3. The van der Waals surface area contributed by atoms with Gasteiger partial charge in [-0.25, -0.2) is 4.98 Å². The second-order valence-corrected chi connectivity index (χ2v) is 9.29. The lowest BCUT2D eigenvalue weighted by Crippen LogP contribution is -2.18. The van der Waals surface area contributed by atoms with E-state index in [0.717, 1.165) is 33.8 Å². The van der Waals surface area contributed by atoms with Crippen LogP contribution in [-0.2, 0) is 4.79 Å². The Labute approximate surface area is 214 Å². The number of methoxy groups -OCH3 is 1. The molecule has 5 rings (SSSR count). The lowest BCUT2D eigenvalue weighted by molar-refractivity contribution is -0.116. The zero-order valence-electron chi connectivity index (χ0n) is 20.1. The molecule has 2 aromatic heterocycles. The first kappa shape index (κ1) is 23.5. The lowest BCUT2D eigenvalue weighted by Gasteiger charge is -2.18. The molecule has 2 heterocycles. The number of hydrogen-bond donors (Lipinski definition) is 1. The molecule has 0 unspecified atom stereocenters. The highest BCUT2D eigenvalue weighted by molar-refractivity contribution is 7.12. The van der Waals surface area contributed by atoms with Crippen molar-refractivity contribution in [3.05, 3.63) is 113 Å². The van der Waals surface area contributed by atoms with Crippen LogP contribution in [0, 0.1) is 6.92 Å². The minimum absolute atomic E-state index is 0.0515. The van der Waals surface area contributed by atoms with Crippen LogP contribution in [0.5, 0.6) is 5.75 Å². The third kappa shape index (κ3) is 5.21. The van der Waals surface area contributed by atoms with Gasteiger partial charge in [0.25, 0.3) is 0 Å². The van der Waals surface area contributed by atoms with E-state index in [1.807, 2.05) is 79.0 Å². The van der Waals surface area contributed by atoms with E-state index in [9.17, 15) is 4.79 Å². The van der Waals surface area contributed by atoms with Gasteiger partial charge in [-0.2, -0.15) is 9.78 Å². The van der Waals surface area contributed by atoms with Crippen molar-refractivity contribution in [1.82, 2.24) is 14.8 Å². The average Bonchev–Trinajstić information content (AvgIpc) is 3.55. The first-order valence-corrected chi connectivity index (χ1v) is 12.6. The second kappa shape index (κ2) is 10.6. The molecule has 36 heavy (non-hydrogen) atoms. The molecule has 0 aliphatic heterocycles. The zero-order valence-corrected chi connectivity index (χ0v) is 20.9.